The van der Waals surface area contributed by atoms with Gasteiger partial charge in [-0.1, -0.05) is 0 Å². The molecule has 1 aliphatic heterocycles. The zero-order valence-corrected chi connectivity index (χ0v) is 9.58. The van der Waals surface area contributed by atoms with Crippen molar-refractivity contribution in [1.29, 1.82) is 0 Å². The zero-order chi connectivity index (χ0) is 11.7. The van der Waals surface area contributed by atoms with Crippen LogP contribution in [0.2, 0.25) is 0 Å². The van der Waals surface area contributed by atoms with Gasteiger partial charge in [0.1, 0.15) is 5.82 Å². The van der Waals surface area contributed by atoms with Crippen LogP contribution in [0.5, 0.6) is 0 Å². The Morgan fingerprint density at radius 1 is 1.53 bits per heavy atom. The first-order chi connectivity index (χ1) is 8.33. The van der Waals surface area contributed by atoms with Gasteiger partial charge in [0, 0.05) is 19.1 Å². The van der Waals surface area contributed by atoms with E-state index in [2.05, 4.69) is 32.9 Å². The Morgan fingerprint density at radius 2 is 2.47 bits per heavy atom. The summed E-state index contributed by atoms with van der Waals surface area (Å²) >= 11 is 0. The SMILES string of the molecule is CC1OCCC1CNc1ccc2nnnn2n1. The van der Waals surface area contributed by atoms with E-state index in [1.165, 1.54) is 4.63 Å². The Kier molecular flexibility index (Phi) is 2.60. The Morgan fingerprint density at radius 3 is 3.29 bits per heavy atom. The fourth-order valence-electron chi connectivity index (χ4n) is 2.02. The van der Waals surface area contributed by atoms with Gasteiger partial charge >= 0.3 is 0 Å². The summed E-state index contributed by atoms with van der Waals surface area (Å²) in [6, 6.07) is 3.72. The highest BCUT2D eigenvalue weighted by molar-refractivity contribution is 5.42. The maximum absolute atomic E-state index is 5.51. The molecule has 0 spiro atoms. The van der Waals surface area contributed by atoms with Crippen LogP contribution in [0.1, 0.15) is 13.3 Å². The standard InChI is InChI=1S/C10H14N6O/c1-7-8(4-5-17-7)6-11-9-2-3-10-12-14-15-16(10)13-9/h2-3,7-8H,4-6H2,1H3,(H,11,13). The van der Waals surface area contributed by atoms with Crippen LogP contribution in [0.25, 0.3) is 5.65 Å². The predicted octanol–water partition coefficient (Wildman–Crippen LogP) is 0.356. The highest BCUT2D eigenvalue weighted by Gasteiger charge is 2.23. The molecule has 7 nitrogen and oxygen atoms in total. The molecule has 3 rings (SSSR count). The van der Waals surface area contributed by atoms with Crippen molar-refractivity contribution in [3.05, 3.63) is 12.1 Å². The van der Waals surface area contributed by atoms with Gasteiger partial charge < -0.3 is 10.1 Å². The largest absolute Gasteiger partial charge is 0.378 e. The smallest absolute Gasteiger partial charge is 0.200 e. The molecule has 0 aromatic carbocycles. The summed E-state index contributed by atoms with van der Waals surface area (Å²) in [5, 5.41) is 18.6. The number of hydrogen-bond donors (Lipinski definition) is 1. The lowest BCUT2D eigenvalue weighted by atomic mass is 10.0. The number of ether oxygens (including phenoxy) is 1. The van der Waals surface area contributed by atoms with Gasteiger partial charge in [-0.3, -0.25) is 0 Å². The van der Waals surface area contributed by atoms with Gasteiger partial charge in [0.25, 0.3) is 0 Å². The van der Waals surface area contributed by atoms with Gasteiger partial charge in [0.05, 0.1) is 6.10 Å². The van der Waals surface area contributed by atoms with Gasteiger partial charge in [0.15, 0.2) is 5.65 Å². The van der Waals surface area contributed by atoms with Crippen LogP contribution in [-0.2, 0) is 4.74 Å². The fraction of sp³-hybridized carbons (Fsp3) is 0.600. The summed E-state index contributed by atoms with van der Waals surface area (Å²) in [4.78, 5) is 0. The molecule has 2 aromatic heterocycles. The van der Waals surface area contributed by atoms with Crippen LogP contribution in [0.3, 0.4) is 0 Å². The van der Waals surface area contributed by atoms with Crippen molar-refractivity contribution in [1.82, 2.24) is 25.3 Å². The van der Waals surface area contributed by atoms with E-state index in [0.717, 1.165) is 25.4 Å². The number of tetrazole rings is 1. The minimum absolute atomic E-state index is 0.319. The van der Waals surface area contributed by atoms with Crippen LogP contribution in [0.15, 0.2) is 12.1 Å². The zero-order valence-electron chi connectivity index (χ0n) is 9.58. The number of rotatable bonds is 3. The van der Waals surface area contributed by atoms with Crippen LogP contribution >= 0.6 is 0 Å². The van der Waals surface area contributed by atoms with Crippen LogP contribution in [0, 0.1) is 5.92 Å². The molecule has 2 aromatic rings. The van der Waals surface area contributed by atoms with Crippen molar-refractivity contribution in [3.63, 3.8) is 0 Å². The van der Waals surface area contributed by atoms with E-state index in [4.69, 9.17) is 4.74 Å². The summed E-state index contributed by atoms with van der Waals surface area (Å²) in [5.74, 6) is 1.32. The van der Waals surface area contributed by atoms with Gasteiger partial charge in [-0.2, -0.15) is 0 Å². The van der Waals surface area contributed by atoms with Crippen molar-refractivity contribution in [3.8, 4) is 0 Å². The summed E-state index contributed by atoms with van der Waals surface area (Å²) in [5.41, 5.74) is 0.646. The quantitative estimate of drug-likeness (QED) is 0.826. The van der Waals surface area contributed by atoms with Crippen molar-refractivity contribution < 1.29 is 4.74 Å². The van der Waals surface area contributed by atoms with E-state index in [1.807, 2.05) is 12.1 Å². The molecule has 17 heavy (non-hydrogen) atoms. The normalized spacial score (nSPS) is 24.3. The third-order valence-corrected chi connectivity index (χ3v) is 3.15. The molecule has 1 N–H and O–H groups in total. The topological polar surface area (TPSA) is 77.2 Å². The number of aromatic nitrogens is 5. The van der Waals surface area contributed by atoms with Crippen molar-refractivity contribution >= 4 is 11.5 Å². The van der Waals surface area contributed by atoms with Crippen molar-refractivity contribution in [2.24, 2.45) is 5.92 Å². The first kappa shape index (κ1) is 10.4. The molecule has 2 unspecified atom stereocenters. The molecule has 3 heterocycles. The molecule has 90 valence electrons. The highest BCUT2D eigenvalue weighted by atomic mass is 16.5. The van der Waals surface area contributed by atoms with E-state index in [-0.39, 0.29) is 0 Å². The van der Waals surface area contributed by atoms with Crippen molar-refractivity contribution in [2.75, 3.05) is 18.5 Å². The lowest BCUT2D eigenvalue weighted by Gasteiger charge is -2.14. The Hall–Kier alpha value is -1.76. The maximum Gasteiger partial charge on any atom is 0.200 e. The Balaban J connectivity index is 1.67. The number of nitrogens with one attached hydrogen (secondary N) is 1. The maximum atomic E-state index is 5.51. The molecule has 0 saturated carbocycles. The van der Waals surface area contributed by atoms with Gasteiger partial charge in [-0.25, -0.2) is 0 Å². The number of nitrogens with zero attached hydrogens (tertiary/aromatic N) is 5. The number of fused-ring (bicyclic) bond motifs is 1. The molecule has 1 aliphatic rings. The average Bonchev–Trinajstić information content (AvgIpc) is 2.94. The summed E-state index contributed by atoms with van der Waals surface area (Å²) in [7, 11) is 0. The third-order valence-electron chi connectivity index (χ3n) is 3.15. The third kappa shape index (κ3) is 2.05. The molecule has 0 bridgehead atoms. The van der Waals surface area contributed by atoms with E-state index < -0.39 is 0 Å². The number of anilines is 1. The van der Waals surface area contributed by atoms with E-state index in [9.17, 15) is 0 Å². The summed E-state index contributed by atoms with van der Waals surface area (Å²) in [6.07, 6.45) is 1.42. The fourth-order valence-corrected chi connectivity index (χ4v) is 2.02. The molecule has 1 saturated heterocycles. The second-order valence-corrected chi connectivity index (χ2v) is 4.25. The summed E-state index contributed by atoms with van der Waals surface area (Å²) in [6.45, 7) is 3.83. The van der Waals surface area contributed by atoms with Crippen LogP contribution in [0.4, 0.5) is 5.82 Å². The Labute approximate surface area is 98.1 Å². The molecule has 1 fully saturated rings. The summed E-state index contributed by atoms with van der Waals surface area (Å²) < 4.78 is 6.93. The molecule has 7 heteroatoms. The molecule has 0 amide bonds. The van der Waals surface area contributed by atoms with Crippen LogP contribution < -0.4 is 5.32 Å². The van der Waals surface area contributed by atoms with E-state index >= 15 is 0 Å². The first-order valence-corrected chi connectivity index (χ1v) is 5.74. The predicted molar refractivity (Wildman–Crippen MR) is 60.6 cm³/mol. The Bertz CT molecular complexity index is 512. The van der Waals surface area contributed by atoms with Crippen LogP contribution in [-0.4, -0.2) is 44.5 Å². The van der Waals surface area contributed by atoms with Gasteiger partial charge in [-0.05, 0) is 35.9 Å². The monoisotopic (exact) mass is 234 g/mol. The minimum Gasteiger partial charge on any atom is -0.378 e. The second-order valence-electron chi connectivity index (χ2n) is 4.25. The second kappa shape index (κ2) is 4.25. The molecule has 0 aliphatic carbocycles. The lowest BCUT2D eigenvalue weighted by molar-refractivity contribution is 0.108. The average molecular weight is 234 g/mol. The molecule has 2 atom stereocenters. The molecular weight excluding hydrogens is 220 g/mol. The highest BCUT2D eigenvalue weighted by Crippen LogP contribution is 2.20. The number of hydrogen-bond acceptors (Lipinski definition) is 6. The van der Waals surface area contributed by atoms with E-state index in [0.29, 0.717) is 17.7 Å². The van der Waals surface area contributed by atoms with Gasteiger partial charge in [0.2, 0.25) is 0 Å². The first-order valence-electron chi connectivity index (χ1n) is 5.74. The lowest BCUT2D eigenvalue weighted by Crippen LogP contribution is -2.21. The van der Waals surface area contributed by atoms with Gasteiger partial charge in [-0.15, -0.1) is 14.8 Å². The molecule has 0 radical (unpaired) electrons. The van der Waals surface area contributed by atoms with E-state index in [1.54, 1.807) is 0 Å². The van der Waals surface area contributed by atoms with Crippen molar-refractivity contribution in [2.45, 2.75) is 19.4 Å². The minimum atomic E-state index is 0.319. The molecular formula is C10H14N6O.